The molecule has 0 bridgehead atoms. The van der Waals surface area contributed by atoms with Crippen molar-refractivity contribution in [3.8, 4) is 0 Å². The number of carbonyl (C=O) groups is 4. The van der Waals surface area contributed by atoms with Gasteiger partial charge in [-0.05, 0) is 37.8 Å². The maximum atomic E-state index is 12.6. The van der Waals surface area contributed by atoms with Crippen LogP contribution in [0, 0.1) is 19.3 Å². The van der Waals surface area contributed by atoms with Crippen LogP contribution < -0.4 is 10.6 Å². The van der Waals surface area contributed by atoms with E-state index in [0.717, 1.165) is 34.6 Å². The van der Waals surface area contributed by atoms with Crippen molar-refractivity contribution in [2.24, 2.45) is 5.41 Å². The van der Waals surface area contributed by atoms with Crippen LogP contribution in [-0.4, -0.2) is 41.6 Å². The van der Waals surface area contributed by atoms with Gasteiger partial charge in [-0.1, -0.05) is 31.0 Å². The second-order valence-corrected chi connectivity index (χ2v) is 7.54. The van der Waals surface area contributed by atoms with Crippen LogP contribution in [0.5, 0.6) is 0 Å². The zero-order valence-corrected chi connectivity index (χ0v) is 15.8. The molecule has 1 heterocycles. The Morgan fingerprint density at radius 2 is 1.70 bits per heavy atom. The summed E-state index contributed by atoms with van der Waals surface area (Å²) < 4.78 is 0. The average molecular weight is 371 g/mol. The molecule has 1 aromatic rings. The van der Waals surface area contributed by atoms with Gasteiger partial charge in [-0.2, -0.15) is 0 Å². The minimum absolute atomic E-state index is 0.201. The summed E-state index contributed by atoms with van der Waals surface area (Å²) >= 11 is 0. The van der Waals surface area contributed by atoms with Crippen molar-refractivity contribution in [2.45, 2.75) is 46.0 Å². The van der Waals surface area contributed by atoms with E-state index in [2.05, 4.69) is 10.6 Å². The Morgan fingerprint density at radius 1 is 1.07 bits per heavy atom. The summed E-state index contributed by atoms with van der Waals surface area (Å²) in [5.41, 5.74) is 2.01. The largest absolute Gasteiger partial charge is 0.345 e. The average Bonchev–Trinajstić information content (AvgIpc) is 3.17. The first-order valence-corrected chi connectivity index (χ1v) is 9.30. The summed E-state index contributed by atoms with van der Waals surface area (Å²) in [4.78, 5) is 50.1. The molecule has 144 valence electrons. The van der Waals surface area contributed by atoms with E-state index < -0.39 is 11.3 Å². The van der Waals surface area contributed by atoms with Gasteiger partial charge in [-0.15, -0.1) is 0 Å². The zero-order chi connectivity index (χ0) is 19.6. The number of nitrogens with one attached hydrogen (secondary N) is 2. The molecule has 2 fully saturated rings. The quantitative estimate of drug-likeness (QED) is 0.770. The molecular weight excluding hydrogens is 346 g/mol. The molecule has 1 saturated heterocycles. The van der Waals surface area contributed by atoms with Crippen molar-refractivity contribution >= 4 is 29.3 Å². The fraction of sp³-hybridized carbons (Fsp3) is 0.500. The van der Waals surface area contributed by atoms with Crippen LogP contribution in [0.3, 0.4) is 0 Å². The van der Waals surface area contributed by atoms with E-state index in [1.165, 1.54) is 0 Å². The summed E-state index contributed by atoms with van der Waals surface area (Å²) in [6, 6.07) is 5.69. The van der Waals surface area contributed by atoms with Crippen molar-refractivity contribution in [2.75, 3.05) is 18.4 Å². The second kappa shape index (κ2) is 7.50. The number of aryl methyl sites for hydroxylation is 2. The van der Waals surface area contributed by atoms with E-state index in [-0.39, 0.29) is 37.2 Å². The lowest BCUT2D eigenvalue weighted by Crippen LogP contribution is -2.44. The molecule has 2 N–H and O–H groups in total. The van der Waals surface area contributed by atoms with Gasteiger partial charge < -0.3 is 10.6 Å². The molecule has 0 aromatic heterocycles. The normalized spacial score (nSPS) is 18.2. The summed E-state index contributed by atoms with van der Waals surface area (Å²) in [6.45, 7) is 3.25. The Hall–Kier alpha value is -2.70. The fourth-order valence-electron chi connectivity index (χ4n) is 4.04. The van der Waals surface area contributed by atoms with Gasteiger partial charge in [0.2, 0.25) is 23.6 Å². The van der Waals surface area contributed by atoms with E-state index in [0.29, 0.717) is 12.8 Å². The molecule has 2 aliphatic rings. The predicted molar refractivity (Wildman–Crippen MR) is 99.8 cm³/mol. The van der Waals surface area contributed by atoms with E-state index in [4.69, 9.17) is 0 Å². The van der Waals surface area contributed by atoms with E-state index in [1.54, 1.807) is 0 Å². The lowest BCUT2D eigenvalue weighted by Gasteiger charge is -2.20. The summed E-state index contributed by atoms with van der Waals surface area (Å²) in [5.74, 6) is -1.40. The highest BCUT2D eigenvalue weighted by atomic mass is 16.2. The van der Waals surface area contributed by atoms with Crippen molar-refractivity contribution in [1.29, 1.82) is 0 Å². The molecule has 3 rings (SSSR count). The number of hydrogen-bond donors (Lipinski definition) is 2. The molecule has 0 atom stereocenters. The summed E-state index contributed by atoms with van der Waals surface area (Å²) in [7, 11) is 0. The van der Waals surface area contributed by atoms with Gasteiger partial charge in [0.05, 0.1) is 12.0 Å². The van der Waals surface area contributed by atoms with Crippen LogP contribution in [0.15, 0.2) is 18.2 Å². The van der Waals surface area contributed by atoms with Gasteiger partial charge in [-0.25, -0.2) is 0 Å². The molecule has 1 saturated carbocycles. The van der Waals surface area contributed by atoms with E-state index >= 15 is 0 Å². The van der Waals surface area contributed by atoms with Crippen LogP contribution >= 0.6 is 0 Å². The molecule has 4 amide bonds. The SMILES string of the molecule is Cc1cccc(C)c1NC(=O)CNC(=O)CN1C(=O)CC2(CCCC2)C1=O. The molecule has 1 aliphatic carbocycles. The molecule has 0 unspecified atom stereocenters. The predicted octanol–water partition coefficient (Wildman–Crippen LogP) is 1.68. The van der Waals surface area contributed by atoms with Crippen molar-refractivity contribution in [1.82, 2.24) is 10.2 Å². The minimum Gasteiger partial charge on any atom is -0.345 e. The Bertz CT molecular complexity index is 776. The van der Waals surface area contributed by atoms with Gasteiger partial charge >= 0.3 is 0 Å². The van der Waals surface area contributed by atoms with Gasteiger partial charge in [0, 0.05) is 12.1 Å². The number of carbonyl (C=O) groups excluding carboxylic acids is 4. The van der Waals surface area contributed by atoms with Gasteiger partial charge in [0.15, 0.2) is 0 Å². The minimum atomic E-state index is -0.586. The van der Waals surface area contributed by atoms with Gasteiger partial charge in [0.25, 0.3) is 0 Å². The Morgan fingerprint density at radius 3 is 2.33 bits per heavy atom. The van der Waals surface area contributed by atoms with Gasteiger partial charge in [0.1, 0.15) is 6.54 Å². The third-order valence-electron chi connectivity index (χ3n) is 5.54. The first-order chi connectivity index (χ1) is 12.8. The fourth-order valence-corrected chi connectivity index (χ4v) is 4.04. The highest BCUT2D eigenvalue weighted by Gasteiger charge is 2.52. The zero-order valence-electron chi connectivity index (χ0n) is 15.8. The van der Waals surface area contributed by atoms with Crippen LogP contribution in [0.4, 0.5) is 5.69 Å². The summed E-state index contributed by atoms with van der Waals surface area (Å²) in [5, 5.41) is 5.28. The Kier molecular flexibility index (Phi) is 5.30. The number of anilines is 1. The Balaban J connectivity index is 1.52. The molecular formula is C20H25N3O4. The maximum absolute atomic E-state index is 12.6. The number of rotatable bonds is 5. The smallest absolute Gasteiger partial charge is 0.243 e. The maximum Gasteiger partial charge on any atom is 0.243 e. The second-order valence-electron chi connectivity index (χ2n) is 7.54. The first-order valence-electron chi connectivity index (χ1n) is 9.30. The number of para-hydroxylation sites is 1. The topological polar surface area (TPSA) is 95.6 Å². The summed E-state index contributed by atoms with van der Waals surface area (Å²) in [6.07, 6.45) is 3.52. The number of likely N-dealkylation sites (tertiary alicyclic amines) is 1. The number of amides is 4. The number of nitrogens with zero attached hydrogens (tertiary/aromatic N) is 1. The third kappa shape index (κ3) is 3.86. The Labute approximate surface area is 158 Å². The monoisotopic (exact) mass is 371 g/mol. The van der Waals surface area contributed by atoms with Crippen LogP contribution in [-0.2, 0) is 19.2 Å². The van der Waals surface area contributed by atoms with Crippen LogP contribution in [0.2, 0.25) is 0 Å². The molecule has 1 aliphatic heterocycles. The molecule has 7 nitrogen and oxygen atoms in total. The molecule has 0 radical (unpaired) electrons. The molecule has 1 aromatic carbocycles. The van der Waals surface area contributed by atoms with Crippen LogP contribution in [0.25, 0.3) is 0 Å². The van der Waals surface area contributed by atoms with Crippen molar-refractivity contribution < 1.29 is 19.2 Å². The first kappa shape index (κ1) is 19.1. The number of imide groups is 1. The highest BCUT2D eigenvalue weighted by molar-refractivity contribution is 6.08. The highest BCUT2D eigenvalue weighted by Crippen LogP contribution is 2.46. The number of benzene rings is 1. The molecule has 1 spiro atoms. The lowest BCUT2D eigenvalue weighted by atomic mass is 9.84. The van der Waals surface area contributed by atoms with Crippen molar-refractivity contribution in [3.05, 3.63) is 29.3 Å². The standard InChI is InChI=1S/C20H25N3O4/c1-13-6-5-7-14(2)18(13)22-15(24)11-21-16(25)12-23-17(26)10-20(19(23)27)8-3-4-9-20/h5-7H,3-4,8-12H2,1-2H3,(H,21,25)(H,22,24). The molecule has 27 heavy (non-hydrogen) atoms. The third-order valence-corrected chi connectivity index (χ3v) is 5.54. The van der Waals surface area contributed by atoms with E-state index in [9.17, 15) is 19.2 Å². The van der Waals surface area contributed by atoms with Crippen molar-refractivity contribution in [3.63, 3.8) is 0 Å². The lowest BCUT2D eigenvalue weighted by molar-refractivity contribution is -0.144. The van der Waals surface area contributed by atoms with Crippen LogP contribution in [0.1, 0.15) is 43.2 Å². The van der Waals surface area contributed by atoms with E-state index in [1.807, 2.05) is 32.0 Å². The van der Waals surface area contributed by atoms with Gasteiger partial charge in [-0.3, -0.25) is 24.1 Å². The molecule has 7 heteroatoms. The number of hydrogen-bond acceptors (Lipinski definition) is 4.